The van der Waals surface area contributed by atoms with Crippen LogP contribution in [0.1, 0.15) is 47.6 Å². The number of methoxy groups -OCH3 is 1. The van der Waals surface area contributed by atoms with E-state index in [1.165, 1.54) is 38.4 Å². The molecule has 4 nitrogen and oxygen atoms in total. The number of hydrogen-bond donors (Lipinski definition) is 1. The molecule has 2 aliphatic heterocycles. The first-order valence-electron chi connectivity index (χ1n) is 8.27. The second kappa shape index (κ2) is 7.25. The predicted molar refractivity (Wildman–Crippen MR) is 84.8 cm³/mol. The van der Waals surface area contributed by atoms with Gasteiger partial charge in [-0.05, 0) is 61.8 Å². The Labute approximate surface area is 132 Å². The molecule has 0 saturated carbocycles. The minimum absolute atomic E-state index is 0.275. The zero-order valence-corrected chi connectivity index (χ0v) is 13.2. The first kappa shape index (κ1) is 15.5. The van der Waals surface area contributed by atoms with Crippen molar-refractivity contribution < 1.29 is 14.3 Å². The second-order valence-electron chi connectivity index (χ2n) is 6.35. The number of rotatable bonds is 3. The van der Waals surface area contributed by atoms with Crippen molar-refractivity contribution in [3.63, 3.8) is 0 Å². The van der Waals surface area contributed by atoms with Crippen LogP contribution in [0.4, 0.5) is 0 Å². The summed E-state index contributed by atoms with van der Waals surface area (Å²) in [6.45, 7) is 2.92. The molecule has 0 amide bonds. The molecule has 0 aromatic heterocycles. The Morgan fingerprint density at radius 2 is 1.86 bits per heavy atom. The lowest BCUT2D eigenvalue weighted by molar-refractivity contribution is 0.0367. The molecule has 0 radical (unpaired) electrons. The quantitative estimate of drug-likeness (QED) is 0.872. The lowest BCUT2D eigenvalue weighted by Crippen LogP contribution is -2.36. The van der Waals surface area contributed by atoms with Crippen molar-refractivity contribution in [3.8, 4) is 0 Å². The monoisotopic (exact) mass is 303 g/mol. The van der Waals surface area contributed by atoms with E-state index >= 15 is 0 Å². The van der Waals surface area contributed by atoms with E-state index in [0.29, 0.717) is 11.6 Å². The van der Waals surface area contributed by atoms with Crippen molar-refractivity contribution in [2.75, 3.05) is 26.9 Å². The van der Waals surface area contributed by atoms with E-state index in [2.05, 4.69) is 17.4 Å². The Morgan fingerprint density at radius 1 is 1.14 bits per heavy atom. The summed E-state index contributed by atoms with van der Waals surface area (Å²) >= 11 is 0. The zero-order valence-electron chi connectivity index (χ0n) is 13.2. The third kappa shape index (κ3) is 3.50. The fourth-order valence-electron chi connectivity index (χ4n) is 3.79. The van der Waals surface area contributed by atoms with E-state index in [9.17, 15) is 4.79 Å². The topological polar surface area (TPSA) is 47.6 Å². The van der Waals surface area contributed by atoms with Gasteiger partial charge in [0.25, 0.3) is 0 Å². The van der Waals surface area contributed by atoms with Crippen molar-refractivity contribution in [3.05, 3.63) is 35.4 Å². The highest BCUT2D eigenvalue weighted by Gasteiger charge is 2.30. The molecule has 0 aliphatic carbocycles. The molecule has 3 rings (SSSR count). The van der Waals surface area contributed by atoms with Crippen molar-refractivity contribution >= 4 is 5.97 Å². The van der Waals surface area contributed by atoms with Crippen LogP contribution in [-0.4, -0.2) is 32.8 Å². The van der Waals surface area contributed by atoms with Gasteiger partial charge in [0, 0.05) is 19.3 Å². The van der Waals surface area contributed by atoms with Crippen LogP contribution in [-0.2, 0) is 9.47 Å². The molecule has 2 heterocycles. The largest absolute Gasteiger partial charge is 0.465 e. The summed E-state index contributed by atoms with van der Waals surface area (Å²) in [5.41, 5.74) is 1.88. The van der Waals surface area contributed by atoms with Gasteiger partial charge in [-0.2, -0.15) is 0 Å². The molecule has 2 saturated heterocycles. The Morgan fingerprint density at radius 3 is 2.55 bits per heavy atom. The number of esters is 1. The number of carbonyl (C=O) groups excluding carboxylic acids is 1. The summed E-state index contributed by atoms with van der Waals surface area (Å²) in [6.07, 6.45) is 4.86. The van der Waals surface area contributed by atoms with Gasteiger partial charge in [0.1, 0.15) is 0 Å². The van der Waals surface area contributed by atoms with Gasteiger partial charge in [-0.1, -0.05) is 12.1 Å². The van der Waals surface area contributed by atoms with Crippen LogP contribution in [0, 0.1) is 11.8 Å². The van der Waals surface area contributed by atoms with Gasteiger partial charge >= 0.3 is 5.97 Å². The number of hydrogen-bond acceptors (Lipinski definition) is 4. The summed E-state index contributed by atoms with van der Waals surface area (Å²) in [6, 6.07) is 8.22. The third-order valence-electron chi connectivity index (χ3n) is 5.11. The summed E-state index contributed by atoms with van der Waals surface area (Å²) in [5.74, 6) is 1.33. The first-order valence-corrected chi connectivity index (χ1v) is 8.27. The fourth-order valence-corrected chi connectivity index (χ4v) is 3.79. The summed E-state index contributed by atoms with van der Waals surface area (Å²) in [7, 11) is 1.41. The molecule has 1 aromatic carbocycles. The third-order valence-corrected chi connectivity index (χ3v) is 5.11. The predicted octanol–water partition coefficient (Wildman–Crippen LogP) is 2.94. The van der Waals surface area contributed by atoms with Crippen molar-refractivity contribution in [2.45, 2.75) is 31.7 Å². The molecule has 4 heteroatoms. The van der Waals surface area contributed by atoms with Gasteiger partial charge in [-0.25, -0.2) is 4.79 Å². The van der Waals surface area contributed by atoms with Gasteiger partial charge < -0.3 is 14.8 Å². The van der Waals surface area contributed by atoms with E-state index < -0.39 is 0 Å². The lowest BCUT2D eigenvalue weighted by Gasteiger charge is -2.37. The summed E-state index contributed by atoms with van der Waals surface area (Å²) in [4.78, 5) is 11.5. The van der Waals surface area contributed by atoms with Crippen LogP contribution in [0.3, 0.4) is 0 Å². The Kier molecular flexibility index (Phi) is 5.11. The maximum atomic E-state index is 11.5. The molecule has 0 spiro atoms. The molecule has 2 atom stereocenters. The molecule has 0 unspecified atom stereocenters. The van der Waals surface area contributed by atoms with Crippen LogP contribution in [0.15, 0.2) is 24.3 Å². The average molecular weight is 303 g/mol. The van der Waals surface area contributed by atoms with Gasteiger partial charge in [-0.15, -0.1) is 0 Å². The average Bonchev–Trinajstić information content (AvgIpc) is 2.62. The maximum absolute atomic E-state index is 11.5. The minimum Gasteiger partial charge on any atom is -0.465 e. The number of ether oxygens (including phenoxy) is 2. The van der Waals surface area contributed by atoms with Gasteiger partial charge in [0.05, 0.1) is 12.7 Å². The summed E-state index contributed by atoms with van der Waals surface area (Å²) < 4.78 is 10.2. The molecule has 2 aliphatic rings. The SMILES string of the molecule is COC(=O)c1ccc([C@@H]2C[C@H](C3CCOCC3)CCN2)cc1. The van der Waals surface area contributed by atoms with E-state index in [-0.39, 0.29) is 5.97 Å². The smallest absolute Gasteiger partial charge is 0.337 e. The van der Waals surface area contributed by atoms with Crippen molar-refractivity contribution in [1.82, 2.24) is 5.32 Å². The first-order chi connectivity index (χ1) is 10.8. The zero-order chi connectivity index (χ0) is 15.4. The number of carbonyl (C=O) groups is 1. The van der Waals surface area contributed by atoms with Gasteiger partial charge in [-0.3, -0.25) is 0 Å². The van der Waals surface area contributed by atoms with Gasteiger partial charge in [0.15, 0.2) is 0 Å². The van der Waals surface area contributed by atoms with E-state index in [1.807, 2.05) is 12.1 Å². The van der Waals surface area contributed by atoms with E-state index in [0.717, 1.165) is 31.6 Å². The van der Waals surface area contributed by atoms with Crippen LogP contribution in [0.2, 0.25) is 0 Å². The van der Waals surface area contributed by atoms with Gasteiger partial charge in [0.2, 0.25) is 0 Å². The highest BCUT2D eigenvalue weighted by Crippen LogP contribution is 2.36. The second-order valence-corrected chi connectivity index (χ2v) is 6.35. The van der Waals surface area contributed by atoms with Crippen LogP contribution < -0.4 is 5.32 Å². The number of benzene rings is 1. The minimum atomic E-state index is -0.275. The highest BCUT2D eigenvalue weighted by atomic mass is 16.5. The number of piperidine rings is 1. The lowest BCUT2D eigenvalue weighted by atomic mass is 9.77. The van der Waals surface area contributed by atoms with Crippen LogP contribution >= 0.6 is 0 Å². The molecule has 120 valence electrons. The highest BCUT2D eigenvalue weighted by molar-refractivity contribution is 5.89. The molecular formula is C18H25NO3. The standard InChI is InChI=1S/C18H25NO3/c1-21-18(20)15-4-2-14(3-5-15)17-12-16(6-9-19-17)13-7-10-22-11-8-13/h2-5,13,16-17,19H,6-12H2,1H3/t16-,17+/m1/s1. The summed E-state index contributed by atoms with van der Waals surface area (Å²) in [5, 5.41) is 3.62. The molecular weight excluding hydrogens is 278 g/mol. The Balaban J connectivity index is 1.65. The molecule has 0 bridgehead atoms. The van der Waals surface area contributed by atoms with E-state index in [1.54, 1.807) is 0 Å². The van der Waals surface area contributed by atoms with Crippen molar-refractivity contribution in [1.29, 1.82) is 0 Å². The molecule has 1 N–H and O–H groups in total. The maximum Gasteiger partial charge on any atom is 0.337 e. The van der Waals surface area contributed by atoms with Crippen LogP contribution in [0.25, 0.3) is 0 Å². The van der Waals surface area contributed by atoms with Crippen molar-refractivity contribution in [2.24, 2.45) is 11.8 Å². The Hall–Kier alpha value is -1.39. The normalized spacial score (nSPS) is 26.6. The Bertz CT molecular complexity index is 494. The van der Waals surface area contributed by atoms with Crippen LogP contribution in [0.5, 0.6) is 0 Å². The number of nitrogens with one attached hydrogen (secondary N) is 1. The molecule has 2 fully saturated rings. The fraction of sp³-hybridized carbons (Fsp3) is 0.611. The molecule has 22 heavy (non-hydrogen) atoms. The molecule has 1 aromatic rings. The van der Waals surface area contributed by atoms with E-state index in [4.69, 9.17) is 9.47 Å².